The number of aryl methyl sites for hydroxylation is 2. The Morgan fingerprint density at radius 3 is 2.10 bits per heavy atom. The van der Waals surface area contributed by atoms with Gasteiger partial charge in [0.1, 0.15) is 11.6 Å². The second-order valence-corrected chi connectivity index (χ2v) is 5.56. The maximum atomic E-state index is 4.68. The molecule has 0 amide bonds. The van der Waals surface area contributed by atoms with E-state index in [9.17, 15) is 0 Å². The van der Waals surface area contributed by atoms with E-state index in [1.165, 1.54) is 16.7 Å². The number of aromatic nitrogens is 2. The van der Waals surface area contributed by atoms with Crippen LogP contribution in [0.25, 0.3) is 0 Å². The van der Waals surface area contributed by atoms with Crippen LogP contribution in [-0.4, -0.2) is 23.1 Å². The first-order valence-corrected chi connectivity index (χ1v) is 7.28. The lowest BCUT2D eigenvalue weighted by atomic mass is 10.0. The summed E-state index contributed by atoms with van der Waals surface area (Å²) in [6.07, 6.45) is 2.19. The van der Waals surface area contributed by atoms with Crippen molar-refractivity contribution in [3.8, 4) is 0 Å². The van der Waals surface area contributed by atoms with Crippen LogP contribution in [0.3, 0.4) is 0 Å². The van der Waals surface area contributed by atoms with Gasteiger partial charge in [0.15, 0.2) is 0 Å². The molecule has 3 nitrogen and oxygen atoms in total. The summed E-state index contributed by atoms with van der Waals surface area (Å²) >= 11 is 0. The second-order valence-electron chi connectivity index (χ2n) is 5.56. The van der Waals surface area contributed by atoms with Crippen LogP contribution >= 0.6 is 0 Å². The summed E-state index contributed by atoms with van der Waals surface area (Å²) < 4.78 is 0. The first kappa shape index (κ1) is 13.1. The lowest BCUT2D eigenvalue weighted by molar-refractivity contribution is 0.775. The minimum absolute atomic E-state index is 0.866. The fourth-order valence-electron chi connectivity index (χ4n) is 2.94. The van der Waals surface area contributed by atoms with Crippen LogP contribution in [0.4, 0.5) is 5.82 Å². The molecule has 104 valence electrons. The SMILES string of the molecule is Cc1nc(C)c(C)c(N2CCc3ccccc3CC2)n1. The van der Waals surface area contributed by atoms with E-state index in [4.69, 9.17) is 0 Å². The van der Waals surface area contributed by atoms with Gasteiger partial charge in [-0.05, 0) is 44.7 Å². The van der Waals surface area contributed by atoms with E-state index in [-0.39, 0.29) is 0 Å². The van der Waals surface area contributed by atoms with Crippen LogP contribution in [0.2, 0.25) is 0 Å². The molecular weight excluding hydrogens is 246 g/mol. The number of rotatable bonds is 1. The average Bonchev–Trinajstić information content (AvgIpc) is 2.65. The van der Waals surface area contributed by atoms with Crippen LogP contribution in [-0.2, 0) is 12.8 Å². The molecule has 1 aliphatic rings. The summed E-state index contributed by atoms with van der Waals surface area (Å²) in [5.41, 5.74) is 5.26. The number of fused-ring (bicyclic) bond motifs is 1. The van der Waals surface area contributed by atoms with E-state index in [2.05, 4.69) is 53.0 Å². The van der Waals surface area contributed by atoms with Crippen LogP contribution in [0.5, 0.6) is 0 Å². The topological polar surface area (TPSA) is 29.0 Å². The summed E-state index contributed by atoms with van der Waals surface area (Å²) in [5, 5.41) is 0. The van der Waals surface area contributed by atoms with Gasteiger partial charge in [-0.3, -0.25) is 0 Å². The standard InChI is InChI=1S/C17H21N3/c1-12-13(2)18-14(3)19-17(12)20-10-8-15-6-4-5-7-16(15)9-11-20/h4-7H,8-11H2,1-3H3. The maximum Gasteiger partial charge on any atom is 0.135 e. The van der Waals surface area contributed by atoms with Crippen molar-refractivity contribution >= 4 is 5.82 Å². The summed E-state index contributed by atoms with van der Waals surface area (Å²) in [4.78, 5) is 11.5. The molecule has 0 fully saturated rings. The average molecular weight is 267 g/mol. The summed E-state index contributed by atoms with van der Waals surface area (Å²) in [6.45, 7) is 8.24. The Morgan fingerprint density at radius 1 is 0.900 bits per heavy atom. The van der Waals surface area contributed by atoms with Crippen LogP contribution in [0.1, 0.15) is 28.2 Å². The number of hydrogen-bond acceptors (Lipinski definition) is 3. The third-order valence-corrected chi connectivity index (χ3v) is 4.20. The highest BCUT2D eigenvalue weighted by Crippen LogP contribution is 2.23. The van der Waals surface area contributed by atoms with Gasteiger partial charge in [0.05, 0.1) is 0 Å². The molecule has 0 unspecified atom stereocenters. The monoisotopic (exact) mass is 267 g/mol. The zero-order chi connectivity index (χ0) is 14.1. The smallest absolute Gasteiger partial charge is 0.135 e. The molecule has 0 saturated heterocycles. The molecule has 2 heterocycles. The number of hydrogen-bond donors (Lipinski definition) is 0. The number of nitrogens with zero attached hydrogens (tertiary/aromatic N) is 3. The lowest BCUT2D eigenvalue weighted by Crippen LogP contribution is -2.28. The van der Waals surface area contributed by atoms with E-state index in [0.29, 0.717) is 0 Å². The van der Waals surface area contributed by atoms with E-state index in [1.807, 2.05) is 6.92 Å². The molecule has 0 saturated carbocycles. The van der Waals surface area contributed by atoms with Gasteiger partial charge >= 0.3 is 0 Å². The van der Waals surface area contributed by atoms with Gasteiger partial charge in [-0.15, -0.1) is 0 Å². The van der Waals surface area contributed by atoms with Crippen molar-refractivity contribution in [2.24, 2.45) is 0 Å². The molecule has 1 aliphatic heterocycles. The lowest BCUT2D eigenvalue weighted by Gasteiger charge is -2.24. The van der Waals surface area contributed by atoms with Crippen LogP contribution < -0.4 is 4.90 Å². The maximum absolute atomic E-state index is 4.68. The van der Waals surface area contributed by atoms with Crippen molar-refractivity contribution in [2.75, 3.05) is 18.0 Å². The molecule has 1 aromatic carbocycles. The summed E-state index contributed by atoms with van der Waals surface area (Å²) in [5.74, 6) is 1.98. The largest absolute Gasteiger partial charge is 0.356 e. The Labute approximate surface area is 120 Å². The van der Waals surface area contributed by atoms with E-state index in [0.717, 1.165) is 43.3 Å². The molecule has 2 aromatic rings. The molecular formula is C17H21N3. The predicted octanol–water partition coefficient (Wildman–Crippen LogP) is 3.01. The van der Waals surface area contributed by atoms with Gasteiger partial charge in [0, 0.05) is 24.3 Å². The van der Waals surface area contributed by atoms with Crippen LogP contribution in [0, 0.1) is 20.8 Å². The van der Waals surface area contributed by atoms with E-state index in [1.54, 1.807) is 0 Å². The Kier molecular flexibility index (Phi) is 3.43. The summed E-state index contributed by atoms with van der Waals surface area (Å²) in [7, 11) is 0. The third kappa shape index (κ3) is 2.40. The molecule has 0 atom stereocenters. The minimum atomic E-state index is 0.866. The van der Waals surface area contributed by atoms with E-state index >= 15 is 0 Å². The predicted molar refractivity (Wildman–Crippen MR) is 82.3 cm³/mol. The Morgan fingerprint density at radius 2 is 1.50 bits per heavy atom. The fourth-order valence-corrected chi connectivity index (χ4v) is 2.94. The van der Waals surface area contributed by atoms with Crippen molar-refractivity contribution in [3.05, 3.63) is 52.5 Å². The second kappa shape index (κ2) is 5.23. The molecule has 3 rings (SSSR count). The van der Waals surface area contributed by atoms with Crippen molar-refractivity contribution in [3.63, 3.8) is 0 Å². The quantitative estimate of drug-likeness (QED) is 0.795. The minimum Gasteiger partial charge on any atom is -0.356 e. The summed E-state index contributed by atoms with van der Waals surface area (Å²) in [6, 6.07) is 8.78. The molecule has 0 spiro atoms. The molecule has 0 aliphatic carbocycles. The molecule has 1 aromatic heterocycles. The van der Waals surface area contributed by atoms with E-state index < -0.39 is 0 Å². The Balaban J connectivity index is 1.91. The Hall–Kier alpha value is -1.90. The molecule has 20 heavy (non-hydrogen) atoms. The molecule has 0 radical (unpaired) electrons. The van der Waals surface area contributed by atoms with Crippen molar-refractivity contribution in [1.82, 2.24) is 9.97 Å². The zero-order valence-corrected chi connectivity index (χ0v) is 12.5. The highest BCUT2D eigenvalue weighted by Gasteiger charge is 2.17. The van der Waals surface area contributed by atoms with Gasteiger partial charge in [-0.2, -0.15) is 0 Å². The zero-order valence-electron chi connectivity index (χ0n) is 12.5. The van der Waals surface area contributed by atoms with Gasteiger partial charge in [-0.1, -0.05) is 24.3 Å². The highest BCUT2D eigenvalue weighted by molar-refractivity contribution is 5.49. The fraction of sp³-hybridized carbons (Fsp3) is 0.412. The first-order chi connectivity index (χ1) is 9.65. The van der Waals surface area contributed by atoms with Gasteiger partial charge in [0.25, 0.3) is 0 Å². The number of anilines is 1. The van der Waals surface area contributed by atoms with Crippen molar-refractivity contribution in [1.29, 1.82) is 0 Å². The van der Waals surface area contributed by atoms with Crippen molar-refractivity contribution in [2.45, 2.75) is 33.6 Å². The normalized spacial score (nSPS) is 14.8. The van der Waals surface area contributed by atoms with Gasteiger partial charge < -0.3 is 4.90 Å². The third-order valence-electron chi connectivity index (χ3n) is 4.20. The molecule has 3 heteroatoms. The van der Waals surface area contributed by atoms with Gasteiger partial charge in [-0.25, -0.2) is 9.97 Å². The molecule has 0 N–H and O–H groups in total. The molecule has 0 bridgehead atoms. The van der Waals surface area contributed by atoms with Crippen LogP contribution in [0.15, 0.2) is 24.3 Å². The van der Waals surface area contributed by atoms with Crippen molar-refractivity contribution < 1.29 is 0 Å². The Bertz CT molecular complexity index is 607. The first-order valence-electron chi connectivity index (χ1n) is 7.28. The van der Waals surface area contributed by atoms with Gasteiger partial charge in [0.2, 0.25) is 0 Å². The number of benzene rings is 1. The highest BCUT2D eigenvalue weighted by atomic mass is 15.2.